The predicted molar refractivity (Wildman–Crippen MR) is 47.0 cm³/mol. The lowest BCUT2D eigenvalue weighted by molar-refractivity contribution is 0.145. The number of nitriles is 1. The molecule has 0 bridgehead atoms. The molecule has 0 N–H and O–H groups in total. The van der Waals surface area contributed by atoms with Crippen molar-refractivity contribution in [3.05, 3.63) is 17.3 Å². The van der Waals surface area contributed by atoms with Crippen molar-refractivity contribution in [3.8, 4) is 17.7 Å². The molecule has 0 aliphatic rings. The van der Waals surface area contributed by atoms with E-state index in [0.717, 1.165) is 6.07 Å². The number of hydrogen-bond acceptors (Lipinski definition) is 4. The molecule has 1 aromatic rings. The molecular weight excluding hydrogens is 206 g/mol. The molecule has 0 atom stereocenters. The Labute approximate surface area is 85.1 Å². The Bertz CT molecular complexity index is 402. The molecule has 4 nitrogen and oxygen atoms in total. The summed E-state index contributed by atoms with van der Waals surface area (Å²) in [7, 11) is 2.49. The van der Waals surface area contributed by atoms with Crippen molar-refractivity contribution in [3.63, 3.8) is 0 Å². The maximum absolute atomic E-state index is 12.5. The largest absolute Gasteiger partial charge is 0.494 e. The van der Waals surface area contributed by atoms with Gasteiger partial charge in [0.05, 0.1) is 19.8 Å². The van der Waals surface area contributed by atoms with Gasteiger partial charge in [-0.2, -0.15) is 10.2 Å². The number of nitrogens with zero attached hydrogens (tertiary/aromatic N) is 2. The fourth-order valence-electron chi connectivity index (χ4n) is 1.05. The maximum atomic E-state index is 12.5. The zero-order chi connectivity index (χ0) is 11.4. The first-order valence-electron chi connectivity index (χ1n) is 3.95. The predicted octanol–water partition coefficient (Wildman–Crippen LogP) is 1.91. The van der Waals surface area contributed by atoms with Gasteiger partial charge in [0, 0.05) is 0 Å². The van der Waals surface area contributed by atoms with Crippen LogP contribution in [0.4, 0.5) is 8.78 Å². The number of ether oxygens (including phenoxy) is 2. The molecule has 1 heterocycles. The Hall–Kier alpha value is -1.90. The first-order valence-corrected chi connectivity index (χ1v) is 3.95. The van der Waals surface area contributed by atoms with Crippen LogP contribution in [0.15, 0.2) is 6.07 Å². The van der Waals surface area contributed by atoms with E-state index in [1.807, 2.05) is 0 Å². The van der Waals surface area contributed by atoms with Gasteiger partial charge >= 0.3 is 0 Å². The van der Waals surface area contributed by atoms with Gasteiger partial charge in [0.25, 0.3) is 6.43 Å². The second kappa shape index (κ2) is 4.55. The molecule has 0 radical (unpaired) electrons. The third-order valence-electron chi connectivity index (χ3n) is 1.73. The summed E-state index contributed by atoms with van der Waals surface area (Å²) in [5.41, 5.74) is -0.480. The minimum absolute atomic E-state index is 0.00796. The minimum atomic E-state index is -2.73. The number of halogens is 2. The van der Waals surface area contributed by atoms with Crippen LogP contribution in [-0.2, 0) is 0 Å². The van der Waals surface area contributed by atoms with Crippen LogP contribution < -0.4 is 9.47 Å². The van der Waals surface area contributed by atoms with Gasteiger partial charge in [-0.3, -0.25) is 0 Å². The van der Waals surface area contributed by atoms with Gasteiger partial charge in [0.15, 0.2) is 11.4 Å². The van der Waals surface area contributed by atoms with Crippen LogP contribution in [0.3, 0.4) is 0 Å². The lowest BCUT2D eigenvalue weighted by Crippen LogP contribution is -2.00. The summed E-state index contributed by atoms with van der Waals surface area (Å²) in [5, 5.41) is 8.66. The normalized spacial score (nSPS) is 9.87. The highest BCUT2D eigenvalue weighted by Gasteiger charge is 2.19. The third kappa shape index (κ3) is 2.13. The van der Waals surface area contributed by atoms with E-state index in [9.17, 15) is 8.78 Å². The summed E-state index contributed by atoms with van der Waals surface area (Å²) < 4.78 is 34.4. The van der Waals surface area contributed by atoms with Gasteiger partial charge in [0.2, 0.25) is 5.88 Å². The average Bonchev–Trinajstić information content (AvgIpc) is 2.26. The molecule has 0 aliphatic heterocycles. The first-order chi connectivity index (χ1) is 7.13. The van der Waals surface area contributed by atoms with Crippen molar-refractivity contribution in [2.45, 2.75) is 6.43 Å². The quantitative estimate of drug-likeness (QED) is 0.771. The van der Waals surface area contributed by atoms with Crippen LogP contribution in [0, 0.1) is 11.3 Å². The Morgan fingerprint density at radius 1 is 1.40 bits per heavy atom. The fourth-order valence-corrected chi connectivity index (χ4v) is 1.05. The van der Waals surface area contributed by atoms with Crippen molar-refractivity contribution in [2.75, 3.05) is 14.2 Å². The van der Waals surface area contributed by atoms with Crippen LogP contribution in [0.1, 0.15) is 17.7 Å². The molecule has 1 aromatic heterocycles. The topological polar surface area (TPSA) is 55.1 Å². The summed E-state index contributed by atoms with van der Waals surface area (Å²) in [4.78, 5) is 3.61. The van der Waals surface area contributed by atoms with Crippen molar-refractivity contribution in [1.29, 1.82) is 5.26 Å². The van der Waals surface area contributed by atoms with Crippen LogP contribution in [0.5, 0.6) is 11.6 Å². The molecule has 0 fully saturated rings. The average molecular weight is 214 g/mol. The van der Waals surface area contributed by atoms with E-state index in [1.165, 1.54) is 14.2 Å². The number of hydrogen-bond donors (Lipinski definition) is 0. The number of alkyl halides is 2. The number of rotatable bonds is 3. The summed E-state index contributed by atoms with van der Waals surface area (Å²) in [6.07, 6.45) is -2.73. The van der Waals surface area contributed by atoms with Crippen molar-refractivity contribution in [1.82, 2.24) is 4.98 Å². The molecule has 15 heavy (non-hydrogen) atoms. The van der Waals surface area contributed by atoms with Gasteiger partial charge in [-0.25, -0.2) is 8.78 Å². The van der Waals surface area contributed by atoms with E-state index in [4.69, 9.17) is 10.00 Å². The van der Waals surface area contributed by atoms with E-state index in [1.54, 1.807) is 6.07 Å². The Kier molecular flexibility index (Phi) is 3.39. The monoisotopic (exact) mass is 214 g/mol. The molecule has 80 valence electrons. The van der Waals surface area contributed by atoms with E-state index < -0.39 is 12.0 Å². The molecule has 0 saturated carbocycles. The van der Waals surface area contributed by atoms with Crippen molar-refractivity contribution < 1.29 is 18.3 Å². The van der Waals surface area contributed by atoms with Crippen LogP contribution in [0.25, 0.3) is 0 Å². The number of methoxy groups -OCH3 is 2. The Balaban J connectivity index is 3.36. The van der Waals surface area contributed by atoms with Gasteiger partial charge in [-0.1, -0.05) is 0 Å². The molecule has 0 saturated heterocycles. The molecule has 0 aromatic carbocycles. The molecule has 6 heteroatoms. The lowest BCUT2D eigenvalue weighted by Gasteiger charge is -2.09. The van der Waals surface area contributed by atoms with E-state index >= 15 is 0 Å². The third-order valence-corrected chi connectivity index (χ3v) is 1.73. The van der Waals surface area contributed by atoms with Gasteiger partial charge in [0.1, 0.15) is 6.07 Å². The highest BCUT2D eigenvalue weighted by atomic mass is 19.3. The fraction of sp³-hybridized carbons (Fsp3) is 0.333. The maximum Gasteiger partial charge on any atom is 0.269 e. The summed E-state index contributed by atoms with van der Waals surface area (Å²) in [6.45, 7) is 0. The van der Waals surface area contributed by atoms with Gasteiger partial charge in [-0.15, -0.1) is 0 Å². The summed E-state index contributed by atoms with van der Waals surface area (Å²) in [5.74, 6) is -0.254. The van der Waals surface area contributed by atoms with Crippen molar-refractivity contribution >= 4 is 0 Å². The Morgan fingerprint density at radius 2 is 2.07 bits per heavy atom. The van der Waals surface area contributed by atoms with E-state index in [-0.39, 0.29) is 17.3 Å². The molecule has 1 rings (SSSR count). The first kappa shape index (κ1) is 11.2. The van der Waals surface area contributed by atoms with Gasteiger partial charge < -0.3 is 9.47 Å². The summed E-state index contributed by atoms with van der Waals surface area (Å²) >= 11 is 0. The van der Waals surface area contributed by atoms with E-state index in [2.05, 4.69) is 9.72 Å². The molecule has 0 amide bonds. The SMILES string of the molecule is COc1cc(C(F)F)c(OC)nc1C#N. The van der Waals surface area contributed by atoms with Crippen LogP contribution >= 0.6 is 0 Å². The molecule has 0 spiro atoms. The van der Waals surface area contributed by atoms with Crippen LogP contribution in [-0.4, -0.2) is 19.2 Å². The second-order valence-corrected chi connectivity index (χ2v) is 2.55. The summed E-state index contributed by atoms with van der Waals surface area (Å²) in [6, 6.07) is 2.78. The van der Waals surface area contributed by atoms with Crippen molar-refractivity contribution in [2.24, 2.45) is 0 Å². The zero-order valence-electron chi connectivity index (χ0n) is 8.12. The highest BCUT2D eigenvalue weighted by Crippen LogP contribution is 2.31. The number of pyridine rings is 1. The smallest absolute Gasteiger partial charge is 0.269 e. The second-order valence-electron chi connectivity index (χ2n) is 2.55. The van der Waals surface area contributed by atoms with Gasteiger partial charge in [-0.05, 0) is 6.07 Å². The molecule has 0 unspecified atom stereocenters. The minimum Gasteiger partial charge on any atom is -0.494 e. The number of aromatic nitrogens is 1. The highest BCUT2D eigenvalue weighted by molar-refractivity contribution is 5.44. The Morgan fingerprint density at radius 3 is 2.47 bits per heavy atom. The standard InChI is InChI=1S/C9H8F2N2O2/c1-14-7-3-5(8(10)11)9(15-2)13-6(7)4-12/h3,8H,1-2H3. The zero-order valence-corrected chi connectivity index (χ0v) is 8.12. The lowest BCUT2D eigenvalue weighted by atomic mass is 10.2. The van der Waals surface area contributed by atoms with Crippen LogP contribution in [0.2, 0.25) is 0 Å². The van der Waals surface area contributed by atoms with E-state index in [0.29, 0.717) is 0 Å². The molecular formula is C9H8F2N2O2. The molecule has 0 aliphatic carbocycles.